The summed E-state index contributed by atoms with van der Waals surface area (Å²) >= 11 is 0. The van der Waals surface area contributed by atoms with E-state index in [1.807, 2.05) is 0 Å². The first-order valence-electron chi connectivity index (χ1n) is 7.44. The van der Waals surface area contributed by atoms with Gasteiger partial charge in [-0.05, 0) is 38.5 Å². The second-order valence-corrected chi connectivity index (χ2v) is 6.54. The van der Waals surface area contributed by atoms with Crippen molar-refractivity contribution in [2.45, 2.75) is 56.7 Å². The van der Waals surface area contributed by atoms with E-state index in [0.29, 0.717) is 12.1 Å². The van der Waals surface area contributed by atoms with Crippen LogP contribution in [0, 0.1) is 5.41 Å². The van der Waals surface area contributed by atoms with Gasteiger partial charge in [-0.3, -0.25) is 4.90 Å². The molecule has 0 radical (unpaired) electrons. The molecule has 3 unspecified atom stereocenters. The zero-order valence-corrected chi connectivity index (χ0v) is 11.2. The fourth-order valence-corrected chi connectivity index (χ4v) is 4.15. The van der Waals surface area contributed by atoms with Crippen LogP contribution in [0.2, 0.25) is 0 Å². The van der Waals surface area contributed by atoms with Crippen LogP contribution in [0.5, 0.6) is 0 Å². The summed E-state index contributed by atoms with van der Waals surface area (Å²) in [6, 6.07) is 1.17. The van der Waals surface area contributed by atoms with Crippen molar-refractivity contribution in [3.05, 3.63) is 0 Å². The van der Waals surface area contributed by atoms with Gasteiger partial charge in [0.25, 0.3) is 0 Å². The molecule has 3 N–H and O–H groups in total. The zero-order valence-electron chi connectivity index (χ0n) is 11.2. The van der Waals surface area contributed by atoms with Gasteiger partial charge in [-0.2, -0.15) is 0 Å². The van der Waals surface area contributed by atoms with E-state index >= 15 is 0 Å². The number of fused-ring (bicyclic) bond motifs is 2. The monoisotopic (exact) mass is 254 g/mol. The van der Waals surface area contributed by atoms with Crippen molar-refractivity contribution in [3.8, 4) is 0 Å². The molecule has 0 aliphatic carbocycles. The molecule has 0 amide bonds. The van der Waals surface area contributed by atoms with E-state index in [1.54, 1.807) is 0 Å². The number of nitrogens with zero attached hydrogens (tertiary/aromatic N) is 1. The molecule has 3 heterocycles. The predicted octanol–water partition coefficient (Wildman–Crippen LogP) is 0.730. The lowest BCUT2D eigenvalue weighted by atomic mass is 9.81. The van der Waals surface area contributed by atoms with Gasteiger partial charge in [0.05, 0.1) is 12.7 Å². The average molecular weight is 254 g/mol. The minimum Gasteiger partial charge on any atom is -0.393 e. The molecular weight excluding hydrogens is 228 g/mol. The average Bonchev–Trinajstić information content (AvgIpc) is 2.62. The van der Waals surface area contributed by atoms with Crippen molar-refractivity contribution in [3.63, 3.8) is 0 Å². The summed E-state index contributed by atoms with van der Waals surface area (Å²) < 4.78 is 5.67. The molecule has 4 heteroatoms. The van der Waals surface area contributed by atoms with Gasteiger partial charge >= 0.3 is 0 Å². The molecule has 0 saturated carbocycles. The molecule has 4 nitrogen and oxygen atoms in total. The van der Waals surface area contributed by atoms with Crippen LogP contribution in [-0.4, -0.2) is 54.5 Å². The number of aliphatic hydroxyl groups excluding tert-OH is 1. The minimum atomic E-state index is -0.0739. The molecule has 3 aliphatic rings. The zero-order chi connectivity index (χ0) is 12.6. The smallest absolute Gasteiger partial charge is 0.0570 e. The number of rotatable bonds is 3. The highest BCUT2D eigenvalue weighted by molar-refractivity contribution is 4.98. The molecule has 3 rings (SSSR count). The third-order valence-electron chi connectivity index (χ3n) is 5.21. The number of hydrogen-bond acceptors (Lipinski definition) is 4. The molecule has 3 fully saturated rings. The van der Waals surface area contributed by atoms with Crippen molar-refractivity contribution >= 4 is 0 Å². The van der Waals surface area contributed by atoms with E-state index in [2.05, 4.69) is 4.90 Å². The van der Waals surface area contributed by atoms with Gasteiger partial charge in [0, 0.05) is 37.2 Å². The Labute approximate surface area is 109 Å². The maximum atomic E-state index is 9.86. The highest BCUT2D eigenvalue weighted by atomic mass is 16.5. The Morgan fingerprint density at radius 2 is 2.00 bits per heavy atom. The molecule has 0 aromatic heterocycles. The third-order valence-corrected chi connectivity index (χ3v) is 5.21. The fourth-order valence-electron chi connectivity index (χ4n) is 4.15. The van der Waals surface area contributed by atoms with Gasteiger partial charge in [0.1, 0.15) is 0 Å². The van der Waals surface area contributed by atoms with Crippen LogP contribution in [0.25, 0.3) is 0 Å². The maximum Gasteiger partial charge on any atom is 0.0570 e. The van der Waals surface area contributed by atoms with Gasteiger partial charge in [-0.15, -0.1) is 0 Å². The first-order chi connectivity index (χ1) is 8.72. The summed E-state index contributed by atoms with van der Waals surface area (Å²) in [6.45, 7) is 3.52. The van der Waals surface area contributed by atoms with E-state index in [0.717, 1.165) is 45.6 Å². The molecule has 3 aliphatic heterocycles. The van der Waals surface area contributed by atoms with Gasteiger partial charge in [-0.1, -0.05) is 0 Å². The standard InChI is InChI=1S/C14H26N2O2/c15-8-14(4-1-5-18-10-14)9-16-11-2-3-12(16)7-13(17)6-11/h11-13,17H,1-10,15H2. The Hall–Kier alpha value is -0.160. The quantitative estimate of drug-likeness (QED) is 0.779. The Bertz CT molecular complexity index is 278. The maximum absolute atomic E-state index is 9.86. The molecule has 0 aromatic carbocycles. The number of hydrogen-bond donors (Lipinski definition) is 2. The summed E-state index contributed by atoms with van der Waals surface area (Å²) in [5, 5.41) is 9.86. The van der Waals surface area contributed by atoms with Crippen LogP contribution in [0.15, 0.2) is 0 Å². The normalized spacial score (nSPS) is 45.3. The van der Waals surface area contributed by atoms with Crippen molar-refractivity contribution in [2.24, 2.45) is 11.1 Å². The van der Waals surface area contributed by atoms with E-state index in [1.165, 1.54) is 19.3 Å². The topological polar surface area (TPSA) is 58.7 Å². The molecule has 104 valence electrons. The SMILES string of the molecule is NCC1(CN2C3CCC2CC(O)C3)CCCOC1. The molecule has 3 saturated heterocycles. The number of aliphatic hydroxyl groups is 1. The summed E-state index contributed by atoms with van der Waals surface area (Å²) in [5.74, 6) is 0. The molecule has 3 atom stereocenters. The molecule has 2 bridgehead atoms. The predicted molar refractivity (Wildman–Crippen MR) is 70.3 cm³/mol. The lowest BCUT2D eigenvalue weighted by Gasteiger charge is -2.45. The minimum absolute atomic E-state index is 0.0739. The molecule has 18 heavy (non-hydrogen) atoms. The van der Waals surface area contributed by atoms with E-state index in [9.17, 15) is 5.11 Å². The Morgan fingerprint density at radius 3 is 2.56 bits per heavy atom. The number of ether oxygens (including phenoxy) is 1. The van der Waals surface area contributed by atoms with Gasteiger partial charge in [0.15, 0.2) is 0 Å². The third kappa shape index (κ3) is 2.31. The lowest BCUT2D eigenvalue weighted by Crippen LogP contribution is -2.53. The van der Waals surface area contributed by atoms with Crippen LogP contribution < -0.4 is 5.73 Å². The van der Waals surface area contributed by atoms with E-state index < -0.39 is 0 Å². The Kier molecular flexibility index (Phi) is 3.63. The van der Waals surface area contributed by atoms with Crippen molar-refractivity contribution < 1.29 is 9.84 Å². The second-order valence-electron chi connectivity index (χ2n) is 6.54. The largest absolute Gasteiger partial charge is 0.393 e. The second kappa shape index (κ2) is 5.08. The Balaban J connectivity index is 1.68. The summed E-state index contributed by atoms with van der Waals surface area (Å²) in [7, 11) is 0. The molecular formula is C14H26N2O2. The lowest BCUT2D eigenvalue weighted by molar-refractivity contribution is -0.0479. The molecule has 0 spiro atoms. The van der Waals surface area contributed by atoms with Gasteiger partial charge < -0.3 is 15.6 Å². The first-order valence-corrected chi connectivity index (χ1v) is 7.44. The van der Waals surface area contributed by atoms with Crippen molar-refractivity contribution in [2.75, 3.05) is 26.3 Å². The highest BCUT2D eigenvalue weighted by Crippen LogP contribution is 2.39. The number of nitrogens with two attached hydrogens (primary N) is 1. The summed E-state index contributed by atoms with van der Waals surface area (Å²) in [4.78, 5) is 2.63. The Morgan fingerprint density at radius 1 is 1.28 bits per heavy atom. The van der Waals surface area contributed by atoms with E-state index in [4.69, 9.17) is 10.5 Å². The first kappa shape index (κ1) is 12.9. The van der Waals surface area contributed by atoms with Gasteiger partial charge in [0.2, 0.25) is 0 Å². The van der Waals surface area contributed by atoms with Crippen LogP contribution in [0.3, 0.4) is 0 Å². The van der Waals surface area contributed by atoms with Crippen molar-refractivity contribution in [1.29, 1.82) is 0 Å². The van der Waals surface area contributed by atoms with Crippen LogP contribution in [0.4, 0.5) is 0 Å². The fraction of sp³-hybridized carbons (Fsp3) is 1.00. The molecule has 0 aromatic rings. The van der Waals surface area contributed by atoms with Crippen LogP contribution >= 0.6 is 0 Å². The summed E-state index contributed by atoms with van der Waals surface area (Å²) in [6.07, 6.45) is 6.68. The highest BCUT2D eigenvalue weighted by Gasteiger charge is 2.44. The summed E-state index contributed by atoms with van der Waals surface area (Å²) in [5.41, 5.74) is 6.21. The van der Waals surface area contributed by atoms with E-state index in [-0.39, 0.29) is 11.5 Å². The number of piperidine rings is 1. The van der Waals surface area contributed by atoms with Crippen LogP contribution in [-0.2, 0) is 4.74 Å². The van der Waals surface area contributed by atoms with Crippen LogP contribution in [0.1, 0.15) is 38.5 Å². The van der Waals surface area contributed by atoms with Crippen molar-refractivity contribution in [1.82, 2.24) is 4.90 Å². The van der Waals surface area contributed by atoms with Gasteiger partial charge in [-0.25, -0.2) is 0 Å².